The molecule has 5 N–H and O–H groups in total. The minimum atomic E-state index is -1.11. The number of aliphatic hydroxyl groups excluding tert-OH is 4. The van der Waals surface area contributed by atoms with Crippen LogP contribution in [0, 0.1) is 5.41 Å². The van der Waals surface area contributed by atoms with Crippen molar-refractivity contribution in [3.8, 4) is 0 Å². The molecule has 0 aromatic heterocycles. The summed E-state index contributed by atoms with van der Waals surface area (Å²) in [6, 6.07) is 0. The van der Waals surface area contributed by atoms with Crippen LogP contribution in [-0.2, 0) is 4.79 Å². The van der Waals surface area contributed by atoms with Gasteiger partial charge in [0.15, 0.2) is 4.08 Å². The van der Waals surface area contributed by atoms with Gasteiger partial charge in [0.2, 0.25) is 0 Å². The molecule has 0 aromatic carbocycles. The highest BCUT2D eigenvalue weighted by Crippen LogP contribution is 2.57. The maximum atomic E-state index is 14.7. The van der Waals surface area contributed by atoms with Crippen molar-refractivity contribution < 1.29 is 30.3 Å². The van der Waals surface area contributed by atoms with Crippen molar-refractivity contribution in [1.29, 1.82) is 0 Å². The standard InChI is InChI=1S/C51H102O2S4.C5H12O4/c1-9-17-25-29-33-41-45(37-21-13-5)54-50(55-46(38-22-14-6)42-34-30-26-18-10-2)51(49(52)53,56-47(39-23-15-7)43-35-31-27-19-11-3)57-48(40-24-16-8)44-36-32-28-20-12-4;6-1-5(2-7,3-8)4-9/h45-48,50H,9-44H2,1-8H3,(H,52,53);6-9H,1-4H2. The second kappa shape index (κ2) is 49.3. The fourth-order valence-electron chi connectivity index (χ4n) is 8.41. The average molecular weight is 1010 g/mol. The van der Waals surface area contributed by atoms with Gasteiger partial charge in [-0.05, 0) is 51.4 Å². The number of thioether (sulfide) groups is 4. The predicted octanol–water partition coefficient (Wildman–Crippen LogP) is 17.6. The van der Waals surface area contributed by atoms with E-state index >= 15 is 0 Å². The van der Waals surface area contributed by atoms with Gasteiger partial charge >= 0.3 is 5.97 Å². The zero-order chi connectivity index (χ0) is 49.6. The minimum Gasteiger partial charge on any atom is -0.480 e. The monoisotopic (exact) mass is 1010 g/mol. The van der Waals surface area contributed by atoms with Crippen LogP contribution >= 0.6 is 47.0 Å². The first-order valence-corrected chi connectivity index (χ1v) is 32.0. The molecule has 10 heteroatoms. The second-order valence-electron chi connectivity index (χ2n) is 19.8. The fraction of sp³-hybridized carbons (Fsp3) is 0.982. The van der Waals surface area contributed by atoms with E-state index in [4.69, 9.17) is 20.4 Å². The molecule has 0 aromatic rings. The summed E-state index contributed by atoms with van der Waals surface area (Å²) in [6.45, 7) is 17.0. The highest BCUT2D eigenvalue weighted by atomic mass is 32.2. The number of rotatable bonds is 50. The van der Waals surface area contributed by atoms with Crippen LogP contribution in [0.5, 0.6) is 0 Å². The zero-order valence-corrected chi connectivity index (χ0v) is 48.2. The summed E-state index contributed by atoms with van der Waals surface area (Å²) in [5, 5.41) is 48.0. The van der Waals surface area contributed by atoms with Crippen LogP contribution in [-0.4, -0.2) is 87.6 Å². The van der Waals surface area contributed by atoms with Crippen LogP contribution in [0.4, 0.5) is 0 Å². The summed E-state index contributed by atoms with van der Waals surface area (Å²) in [6.07, 6.45) is 45.5. The molecule has 0 heterocycles. The molecule has 0 radical (unpaired) electrons. The Morgan fingerprint density at radius 2 is 0.576 bits per heavy atom. The molecule has 0 amide bonds. The molecule has 6 nitrogen and oxygen atoms in total. The van der Waals surface area contributed by atoms with Crippen molar-refractivity contribution in [1.82, 2.24) is 0 Å². The first-order valence-electron chi connectivity index (χ1n) is 28.4. The van der Waals surface area contributed by atoms with Gasteiger partial charge in [0.25, 0.3) is 0 Å². The van der Waals surface area contributed by atoms with Crippen LogP contribution < -0.4 is 0 Å². The number of carboxylic acids is 1. The van der Waals surface area contributed by atoms with Crippen molar-refractivity contribution in [2.24, 2.45) is 5.41 Å². The predicted molar refractivity (Wildman–Crippen MR) is 302 cm³/mol. The summed E-state index contributed by atoms with van der Waals surface area (Å²) in [7, 11) is 0. The van der Waals surface area contributed by atoms with Crippen LogP contribution in [0.3, 0.4) is 0 Å². The molecule has 0 spiro atoms. The zero-order valence-electron chi connectivity index (χ0n) is 44.9. The van der Waals surface area contributed by atoms with Gasteiger partial charge in [-0.3, -0.25) is 0 Å². The number of carbonyl (C=O) groups is 1. The summed E-state index contributed by atoms with van der Waals surface area (Å²) in [5.74, 6) is -0.503. The minimum absolute atomic E-state index is 0.0634. The van der Waals surface area contributed by atoms with E-state index in [2.05, 4.69) is 78.9 Å². The SMILES string of the molecule is CCCCCCCC(CCCC)SC(SC(CCCC)CCCCCCC)C(SC(CCCC)CCCCCCC)(SC(CCCC)CCCCCCC)C(=O)O.OCC(CO)(CO)CO. The summed E-state index contributed by atoms with van der Waals surface area (Å²) < 4.78 is -0.772. The molecule has 0 bridgehead atoms. The number of carboxylic acid groups (broad SMARTS) is 1. The Morgan fingerprint density at radius 1 is 0.348 bits per heavy atom. The van der Waals surface area contributed by atoms with E-state index in [0.717, 1.165) is 12.8 Å². The van der Waals surface area contributed by atoms with Gasteiger partial charge < -0.3 is 25.5 Å². The summed E-state index contributed by atoms with van der Waals surface area (Å²) >= 11 is 8.34. The second-order valence-corrected chi connectivity index (χ2v) is 26.3. The van der Waals surface area contributed by atoms with Crippen molar-refractivity contribution in [3.05, 3.63) is 0 Å². The number of aliphatic carboxylic acids is 1. The van der Waals surface area contributed by atoms with Gasteiger partial charge in [-0.2, -0.15) is 0 Å². The lowest BCUT2D eigenvalue weighted by Gasteiger charge is -2.42. The van der Waals surface area contributed by atoms with E-state index in [-0.39, 0.29) is 4.58 Å². The Balaban J connectivity index is 0. The number of hydrogen-bond acceptors (Lipinski definition) is 9. The number of aliphatic hydroxyl groups is 4. The first-order chi connectivity index (χ1) is 32.1. The molecular formula is C56H114O6S4. The third-order valence-corrected chi connectivity index (χ3v) is 21.2. The van der Waals surface area contributed by atoms with Gasteiger partial charge in [-0.25, -0.2) is 4.79 Å². The highest BCUT2D eigenvalue weighted by molar-refractivity contribution is 8.25. The smallest absolute Gasteiger partial charge is 0.332 e. The molecule has 0 aliphatic rings. The van der Waals surface area contributed by atoms with Crippen LogP contribution in [0.25, 0.3) is 0 Å². The van der Waals surface area contributed by atoms with E-state index in [1.54, 1.807) is 0 Å². The van der Waals surface area contributed by atoms with E-state index in [1.807, 2.05) is 23.5 Å². The lowest BCUT2D eigenvalue weighted by molar-refractivity contribution is -0.137. The molecule has 4 unspecified atom stereocenters. The van der Waals surface area contributed by atoms with Crippen LogP contribution in [0.15, 0.2) is 0 Å². The molecule has 0 rings (SSSR count). The van der Waals surface area contributed by atoms with E-state index < -0.39 is 41.9 Å². The molecule has 0 aliphatic heterocycles. The first kappa shape index (κ1) is 68.8. The maximum absolute atomic E-state index is 14.7. The van der Waals surface area contributed by atoms with Gasteiger partial charge in [-0.15, -0.1) is 47.0 Å². The van der Waals surface area contributed by atoms with E-state index in [1.165, 1.54) is 218 Å². The molecule has 0 aliphatic carbocycles. The quantitative estimate of drug-likeness (QED) is 0.0298. The Morgan fingerprint density at radius 3 is 0.803 bits per heavy atom. The molecular weight excluding hydrogens is 897 g/mol. The molecule has 4 atom stereocenters. The Labute approximate surface area is 428 Å². The highest BCUT2D eigenvalue weighted by Gasteiger charge is 2.52. The number of hydrogen-bond donors (Lipinski definition) is 5. The number of unbranched alkanes of at least 4 members (excludes halogenated alkanes) is 20. The van der Waals surface area contributed by atoms with Gasteiger partial charge in [-0.1, -0.05) is 235 Å². The summed E-state index contributed by atoms with van der Waals surface area (Å²) in [5.41, 5.74) is -1.11. The normalized spacial score (nSPS) is 15.2. The Bertz CT molecular complexity index is 930. The topological polar surface area (TPSA) is 118 Å². The lowest BCUT2D eigenvalue weighted by Crippen LogP contribution is -2.45. The molecule has 0 saturated heterocycles. The third kappa shape index (κ3) is 34.9. The third-order valence-electron chi connectivity index (χ3n) is 13.3. The summed E-state index contributed by atoms with van der Waals surface area (Å²) in [4.78, 5) is 14.7. The van der Waals surface area contributed by atoms with E-state index in [9.17, 15) is 9.90 Å². The lowest BCUT2D eigenvalue weighted by atomic mass is 9.93. The Hall–Kier alpha value is 0.710. The van der Waals surface area contributed by atoms with Gasteiger partial charge in [0.1, 0.15) is 0 Å². The molecule has 66 heavy (non-hydrogen) atoms. The van der Waals surface area contributed by atoms with Crippen molar-refractivity contribution in [3.63, 3.8) is 0 Å². The molecule has 0 saturated carbocycles. The Kier molecular flexibility index (Phi) is 51.4. The van der Waals surface area contributed by atoms with Gasteiger partial charge in [0.05, 0.1) is 36.4 Å². The maximum Gasteiger partial charge on any atom is 0.332 e. The van der Waals surface area contributed by atoms with Crippen molar-refractivity contribution in [2.45, 2.75) is 316 Å². The van der Waals surface area contributed by atoms with Crippen LogP contribution in [0.2, 0.25) is 0 Å². The molecule has 0 fully saturated rings. The van der Waals surface area contributed by atoms with E-state index in [0.29, 0.717) is 21.0 Å². The van der Waals surface area contributed by atoms with Crippen molar-refractivity contribution >= 4 is 53.0 Å². The van der Waals surface area contributed by atoms with Gasteiger partial charge in [0, 0.05) is 21.0 Å². The largest absolute Gasteiger partial charge is 0.480 e. The molecule has 398 valence electrons. The fourth-order valence-corrected chi connectivity index (χ4v) is 17.0. The average Bonchev–Trinajstić information content (AvgIpc) is 3.32. The van der Waals surface area contributed by atoms with Crippen LogP contribution in [0.1, 0.15) is 287 Å². The van der Waals surface area contributed by atoms with Crippen molar-refractivity contribution in [2.75, 3.05) is 26.4 Å².